The maximum Gasteiger partial charge on any atom is 0.0969 e. The van der Waals surface area contributed by atoms with Crippen LogP contribution in [0, 0.1) is 0 Å². The summed E-state index contributed by atoms with van der Waals surface area (Å²) >= 11 is 0. The van der Waals surface area contributed by atoms with Crippen LogP contribution in [0.3, 0.4) is 0 Å². The highest BCUT2D eigenvalue weighted by Crippen LogP contribution is 1.99. The summed E-state index contributed by atoms with van der Waals surface area (Å²) in [6.45, 7) is 1.71. The number of hydrogen-bond acceptors (Lipinski definition) is 6. The molecule has 7 nitrogen and oxygen atoms in total. The molecule has 0 radical (unpaired) electrons. The van der Waals surface area contributed by atoms with Crippen LogP contribution in [-0.2, 0) is 22.4 Å². The van der Waals surface area contributed by atoms with Gasteiger partial charge in [-0.2, -0.15) is 0 Å². The number of hydrogen-bond donors (Lipinski definition) is 2. The van der Waals surface area contributed by atoms with Gasteiger partial charge in [-0.25, -0.2) is 4.68 Å². The van der Waals surface area contributed by atoms with Crippen LogP contribution >= 0.6 is 0 Å². The average molecular weight is 259 g/mol. The predicted octanol–water partition coefficient (Wildman–Crippen LogP) is -0.773. The Hall–Kier alpha value is -1.02. The fourth-order valence-electron chi connectivity index (χ4n) is 1.43. The van der Waals surface area contributed by atoms with Crippen molar-refractivity contribution >= 4 is 0 Å². The lowest BCUT2D eigenvalue weighted by atomic mass is 10.2. The van der Waals surface area contributed by atoms with Crippen molar-refractivity contribution in [3.63, 3.8) is 0 Å². The molecule has 1 heterocycles. The van der Waals surface area contributed by atoms with Crippen LogP contribution < -0.4 is 0 Å². The molecule has 7 heteroatoms. The number of aliphatic hydroxyl groups excluding tert-OH is 2. The molecule has 2 N–H and O–H groups in total. The summed E-state index contributed by atoms with van der Waals surface area (Å²) in [4.78, 5) is 0. The quantitative estimate of drug-likeness (QED) is 0.536. The Kier molecular flexibility index (Phi) is 7.51. The Morgan fingerprint density at radius 1 is 1.44 bits per heavy atom. The molecule has 1 atom stereocenters. The van der Waals surface area contributed by atoms with Crippen molar-refractivity contribution in [2.75, 3.05) is 33.5 Å². The van der Waals surface area contributed by atoms with E-state index in [1.54, 1.807) is 18.0 Å². The van der Waals surface area contributed by atoms with E-state index in [-0.39, 0.29) is 13.2 Å². The van der Waals surface area contributed by atoms with Crippen LogP contribution in [0.1, 0.15) is 12.1 Å². The van der Waals surface area contributed by atoms with Gasteiger partial charge < -0.3 is 19.7 Å². The van der Waals surface area contributed by atoms with Gasteiger partial charge in [0.05, 0.1) is 38.2 Å². The Bertz CT molecular complexity index is 319. The van der Waals surface area contributed by atoms with Crippen LogP contribution in [0.2, 0.25) is 0 Å². The van der Waals surface area contributed by atoms with E-state index in [1.807, 2.05) is 0 Å². The summed E-state index contributed by atoms with van der Waals surface area (Å²) in [5, 5.41) is 26.2. The van der Waals surface area contributed by atoms with Crippen LogP contribution in [-0.4, -0.2) is 64.8 Å². The number of aryl methyl sites for hydroxylation is 1. The van der Waals surface area contributed by atoms with Crippen molar-refractivity contribution in [2.45, 2.75) is 25.5 Å². The van der Waals surface area contributed by atoms with E-state index in [2.05, 4.69) is 10.3 Å². The molecular formula is C11H21N3O4. The van der Waals surface area contributed by atoms with Gasteiger partial charge >= 0.3 is 0 Å². The average Bonchev–Trinajstić information content (AvgIpc) is 2.80. The van der Waals surface area contributed by atoms with Gasteiger partial charge in [-0.15, -0.1) is 5.10 Å². The van der Waals surface area contributed by atoms with Crippen LogP contribution in [0.15, 0.2) is 6.20 Å². The van der Waals surface area contributed by atoms with E-state index in [1.165, 1.54) is 0 Å². The first-order valence-electron chi connectivity index (χ1n) is 6.01. The third-order valence-electron chi connectivity index (χ3n) is 2.32. The molecule has 0 aliphatic rings. The molecule has 104 valence electrons. The first kappa shape index (κ1) is 15.0. The second-order valence-electron chi connectivity index (χ2n) is 3.98. The number of aromatic nitrogens is 3. The molecule has 0 amide bonds. The van der Waals surface area contributed by atoms with Crippen molar-refractivity contribution in [1.29, 1.82) is 0 Å². The molecule has 0 aliphatic heterocycles. The van der Waals surface area contributed by atoms with Gasteiger partial charge in [-0.1, -0.05) is 5.21 Å². The predicted molar refractivity (Wildman–Crippen MR) is 64.1 cm³/mol. The molecule has 0 bridgehead atoms. The summed E-state index contributed by atoms with van der Waals surface area (Å²) in [7, 11) is 1.60. The minimum Gasteiger partial charge on any atom is -0.396 e. The highest BCUT2D eigenvalue weighted by atomic mass is 16.5. The number of methoxy groups -OCH3 is 1. The second-order valence-corrected chi connectivity index (χ2v) is 3.98. The Labute approximate surface area is 106 Å². The SMILES string of the molecule is COCCOCC(O)Cn1cc(CCCO)nn1. The normalized spacial score (nSPS) is 12.8. The molecule has 1 aromatic rings. The molecule has 1 rings (SSSR count). The first-order valence-corrected chi connectivity index (χ1v) is 6.01. The van der Waals surface area contributed by atoms with Crippen molar-refractivity contribution in [3.05, 3.63) is 11.9 Å². The summed E-state index contributed by atoms with van der Waals surface area (Å²) < 4.78 is 11.6. The molecule has 0 aliphatic carbocycles. The Balaban J connectivity index is 2.22. The van der Waals surface area contributed by atoms with Crippen LogP contribution in [0.5, 0.6) is 0 Å². The zero-order valence-corrected chi connectivity index (χ0v) is 10.7. The van der Waals surface area contributed by atoms with Crippen molar-refractivity contribution in [1.82, 2.24) is 15.0 Å². The molecule has 0 aromatic carbocycles. The molecule has 0 saturated carbocycles. The van der Waals surface area contributed by atoms with Gasteiger partial charge in [0.15, 0.2) is 0 Å². The van der Waals surface area contributed by atoms with E-state index in [4.69, 9.17) is 14.6 Å². The van der Waals surface area contributed by atoms with E-state index >= 15 is 0 Å². The maximum atomic E-state index is 9.69. The van der Waals surface area contributed by atoms with Crippen molar-refractivity contribution in [2.24, 2.45) is 0 Å². The summed E-state index contributed by atoms with van der Waals surface area (Å²) in [6.07, 6.45) is 2.51. The summed E-state index contributed by atoms with van der Waals surface area (Å²) in [6, 6.07) is 0. The lowest BCUT2D eigenvalue weighted by Gasteiger charge is -2.10. The van der Waals surface area contributed by atoms with E-state index in [0.29, 0.717) is 32.6 Å². The third-order valence-corrected chi connectivity index (χ3v) is 2.32. The number of nitrogens with zero attached hydrogens (tertiary/aromatic N) is 3. The minimum atomic E-state index is -0.616. The highest BCUT2D eigenvalue weighted by molar-refractivity contribution is 4.92. The van der Waals surface area contributed by atoms with E-state index in [9.17, 15) is 5.11 Å². The lowest BCUT2D eigenvalue weighted by molar-refractivity contribution is 0.00579. The monoisotopic (exact) mass is 259 g/mol. The molecule has 1 unspecified atom stereocenters. The Morgan fingerprint density at radius 2 is 2.28 bits per heavy atom. The standard InChI is InChI=1S/C11H21N3O4/c1-17-5-6-18-9-11(16)8-14-7-10(12-13-14)3-2-4-15/h7,11,15-16H,2-6,8-9H2,1H3. The minimum absolute atomic E-state index is 0.142. The number of ether oxygens (including phenoxy) is 2. The second kappa shape index (κ2) is 8.98. The smallest absolute Gasteiger partial charge is 0.0969 e. The van der Waals surface area contributed by atoms with Gasteiger partial charge in [0.25, 0.3) is 0 Å². The fourth-order valence-corrected chi connectivity index (χ4v) is 1.43. The van der Waals surface area contributed by atoms with Crippen molar-refractivity contribution in [3.8, 4) is 0 Å². The van der Waals surface area contributed by atoms with Gasteiger partial charge in [0.2, 0.25) is 0 Å². The first-order chi connectivity index (χ1) is 8.76. The molecule has 1 aromatic heterocycles. The van der Waals surface area contributed by atoms with Gasteiger partial charge in [0, 0.05) is 19.9 Å². The fraction of sp³-hybridized carbons (Fsp3) is 0.818. The summed E-state index contributed by atoms with van der Waals surface area (Å²) in [5.74, 6) is 0. The maximum absolute atomic E-state index is 9.69. The topological polar surface area (TPSA) is 89.6 Å². The van der Waals surface area contributed by atoms with Crippen molar-refractivity contribution < 1.29 is 19.7 Å². The summed E-state index contributed by atoms with van der Waals surface area (Å²) in [5.41, 5.74) is 0.816. The van der Waals surface area contributed by atoms with Gasteiger partial charge in [0.1, 0.15) is 0 Å². The number of rotatable bonds is 10. The molecule has 0 fully saturated rings. The van der Waals surface area contributed by atoms with Crippen LogP contribution in [0.25, 0.3) is 0 Å². The van der Waals surface area contributed by atoms with Gasteiger partial charge in [-0.3, -0.25) is 0 Å². The van der Waals surface area contributed by atoms with Crippen LogP contribution in [0.4, 0.5) is 0 Å². The zero-order chi connectivity index (χ0) is 13.2. The highest BCUT2D eigenvalue weighted by Gasteiger charge is 2.07. The zero-order valence-electron chi connectivity index (χ0n) is 10.7. The van der Waals surface area contributed by atoms with E-state index in [0.717, 1.165) is 5.69 Å². The lowest BCUT2D eigenvalue weighted by Crippen LogP contribution is -2.23. The number of aliphatic hydroxyl groups is 2. The van der Waals surface area contributed by atoms with Gasteiger partial charge in [-0.05, 0) is 12.8 Å². The molecule has 0 saturated heterocycles. The molecule has 18 heavy (non-hydrogen) atoms. The Morgan fingerprint density at radius 3 is 3.00 bits per heavy atom. The third kappa shape index (κ3) is 6.06. The van der Waals surface area contributed by atoms with E-state index < -0.39 is 6.10 Å². The molecule has 0 spiro atoms. The largest absolute Gasteiger partial charge is 0.396 e. The molecular weight excluding hydrogens is 238 g/mol.